The molecule has 0 aliphatic rings. The fraction of sp³-hybridized carbons (Fsp3) is 0.133. The van der Waals surface area contributed by atoms with Gasteiger partial charge in [0.2, 0.25) is 5.95 Å². The number of hydrogen-bond acceptors (Lipinski definition) is 8. The maximum atomic E-state index is 13.7. The first kappa shape index (κ1) is 27.4. The highest BCUT2D eigenvalue weighted by Crippen LogP contribution is 2.26. The summed E-state index contributed by atoms with van der Waals surface area (Å²) < 4.78 is 1.91. The van der Waals surface area contributed by atoms with Gasteiger partial charge < -0.3 is 20.9 Å². The third-order valence-electron chi connectivity index (χ3n) is 6.92. The molecule has 6 rings (SSSR count). The SMILES string of the molecule is Cc1nn(-c2cccc(-c3nc(N)n[nH]3)c2)c2c(=O)n(C(=O)Nc3ccc(-c4ccccc4CN(C)C)cc3)c(=O)[nH]c12. The van der Waals surface area contributed by atoms with E-state index in [9.17, 15) is 14.4 Å². The summed E-state index contributed by atoms with van der Waals surface area (Å²) in [6.07, 6.45) is 0. The van der Waals surface area contributed by atoms with Crippen LogP contribution in [0.4, 0.5) is 16.4 Å². The average Bonchev–Trinajstić information content (AvgIpc) is 3.57. The molecule has 0 aliphatic heterocycles. The number of carbonyl (C=O) groups excluding carboxylic acids is 1. The Hall–Kier alpha value is -5.82. The maximum Gasteiger partial charge on any atom is 0.337 e. The number of aromatic amines is 2. The quantitative estimate of drug-likeness (QED) is 0.234. The van der Waals surface area contributed by atoms with Crippen LogP contribution in [0.3, 0.4) is 0 Å². The van der Waals surface area contributed by atoms with E-state index in [-0.39, 0.29) is 17.0 Å². The van der Waals surface area contributed by atoms with Crippen LogP contribution in [0.15, 0.2) is 82.4 Å². The second-order valence-corrected chi connectivity index (χ2v) is 10.3. The predicted octanol–water partition coefficient (Wildman–Crippen LogP) is 3.36. The first-order valence-corrected chi connectivity index (χ1v) is 13.4. The van der Waals surface area contributed by atoms with Gasteiger partial charge in [-0.05, 0) is 62.0 Å². The highest BCUT2D eigenvalue weighted by Gasteiger charge is 2.21. The summed E-state index contributed by atoms with van der Waals surface area (Å²) in [5.74, 6) is 0.529. The number of fused-ring (bicyclic) bond motifs is 1. The molecule has 3 aromatic heterocycles. The number of carbonyl (C=O) groups is 1. The van der Waals surface area contributed by atoms with Crippen molar-refractivity contribution in [3.63, 3.8) is 0 Å². The van der Waals surface area contributed by atoms with E-state index in [1.807, 2.05) is 44.4 Å². The summed E-state index contributed by atoms with van der Waals surface area (Å²) in [6.45, 7) is 2.44. The van der Waals surface area contributed by atoms with Crippen molar-refractivity contribution in [3.8, 4) is 28.2 Å². The molecule has 0 unspecified atom stereocenters. The Kier molecular flexibility index (Phi) is 6.92. The zero-order valence-electron chi connectivity index (χ0n) is 23.6. The van der Waals surface area contributed by atoms with E-state index in [0.29, 0.717) is 33.0 Å². The summed E-state index contributed by atoms with van der Waals surface area (Å²) in [5.41, 5.74) is 9.42. The van der Waals surface area contributed by atoms with Crippen molar-refractivity contribution in [2.45, 2.75) is 13.5 Å². The molecular formula is C30H28N10O3. The van der Waals surface area contributed by atoms with Gasteiger partial charge in [-0.15, -0.1) is 5.10 Å². The molecule has 0 radical (unpaired) electrons. The zero-order valence-corrected chi connectivity index (χ0v) is 23.6. The summed E-state index contributed by atoms with van der Waals surface area (Å²) in [5, 5.41) is 13.7. The lowest BCUT2D eigenvalue weighted by atomic mass is 9.99. The molecule has 5 N–H and O–H groups in total. The van der Waals surface area contributed by atoms with Crippen LogP contribution in [-0.2, 0) is 6.54 Å². The second kappa shape index (κ2) is 10.9. The van der Waals surface area contributed by atoms with E-state index in [2.05, 4.69) is 41.5 Å². The summed E-state index contributed by atoms with van der Waals surface area (Å²) >= 11 is 0. The molecule has 13 heteroatoms. The predicted molar refractivity (Wildman–Crippen MR) is 164 cm³/mol. The van der Waals surface area contributed by atoms with Gasteiger partial charge in [-0.3, -0.25) is 9.89 Å². The summed E-state index contributed by atoms with van der Waals surface area (Å²) in [7, 11) is 4.02. The van der Waals surface area contributed by atoms with E-state index >= 15 is 0 Å². The van der Waals surface area contributed by atoms with Gasteiger partial charge in [0, 0.05) is 17.8 Å². The monoisotopic (exact) mass is 576 g/mol. The fourth-order valence-corrected chi connectivity index (χ4v) is 4.99. The van der Waals surface area contributed by atoms with Crippen molar-refractivity contribution in [2.75, 3.05) is 25.1 Å². The molecular weight excluding hydrogens is 548 g/mol. The molecule has 3 heterocycles. The first-order chi connectivity index (χ1) is 20.7. The number of nitrogens with one attached hydrogen (secondary N) is 3. The van der Waals surface area contributed by atoms with Crippen molar-refractivity contribution in [1.82, 2.24) is 39.4 Å². The van der Waals surface area contributed by atoms with E-state index in [4.69, 9.17) is 5.73 Å². The molecule has 0 saturated heterocycles. The van der Waals surface area contributed by atoms with Gasteiger partial charge in [-0.1, -0.05) is 48.5 Å². The molecule has 0 aliphatic carbocycles. The van der Waals surface area contributed by atoms with Crippen molar-refractivity contribution < 1.29 is 4.79 Å². The largest absolute Gasteiger partial charge is 0.366 e. The standard InChI is InChI=1S/C30H28N10O3/c1-17-24-25(40(37-17)22-9-6-8-19(15-22)26-34-28(31)36-35-26)27(41)39(30(43)33-24)29(42)32-21-13-11-18(12-14-21)23-10-5-4-7-20(23)16-38(2)3/h4-15H,16H2,1-3H3,(H,32,42)(H,33,43)(H3,31,34,35,36). The van der Waals surface area contributed by atoms with Gasteiger partial charge in [0.25, 0.3) is 5.56 Å². The molecule has 0 bridgehead atoms. The summed E-state index contributed by atoms with van der Waals surface area (Å²) in [6, 6.07) is 21.4. The molecule has 0 fully saturated rings. The van der Waals surface area contributed by atoms with Crippen LogP contribution in [0, 0.1) is 6.92 Å². The van der Waals surface area contributed by atoms with Crippen LogP contribution < -0.4 is 22.3 Å². The molecule has 13 nitrogen and oxygen atoms in total. The van der Waals surface area contributed by atoms with Crippen molar-refractivity contribution >= 4 is 28.7 Å². The maximum absolute atomic E-state index is 13.7. The van der Waals surface area contributed by atoms with Crippen molar-refractivity contribution in [3.05, 3.63) is 105 Å². The van der Waals surface area contributed by atoms with Gasteiger partial charge in [0.15, 0.2) is 11.3 Å². The van der Waals surface area contributed by atoms with Crippen molar-refractivity contribution in [1.29, 1.82) is 0 Å². The number of aromatic nitrogens is 7. The van der Waals surface area contributed by atoms with Gasteiger partial charge in [-0.2, -0.15) is 14.6 Å². The minimum atomic E-state index is -0.898. The number of anilines is 2. The third kappa shape index (κ3) is 5.20. The Bertz CT molecular complexity index is 2100. The van der Waals surface area contributed by atoms with Gasteiger partial charge >= 0.3 is 11.7 Å². The second-order valence-electron chi connectivity index (χ2n) is 10.3. The Morgan fingerprint density at radius 3 is 2.49 bits per heavy atom. The van der Waals surface area contributed by atoms with Crippen LogP contribution in [0.2, 0.25) is 0 Å². The highest BCUT2D eigenvalue weighted by atomic mass is 16.2. The number of amides is 1. The minimum absolute atomic E-state index is 0.0364. The van der Waals surface area contributed by atoms with Crippen LogP contribution in [0.5, 0.6) is 0 Å². The van der Waals surface area contributed by atoms with Crippen LogP contribution in [0.25, 0.3) is 39.2 Å². The molecule has 0 atom stereocenters. The number of nitrogens with two attached hydrogens (primary N) is 1. The lowest BCUT2D eigenvalue weighted by molar-refractivity contribution is 0.252. The summed E-state index contributed by atoms with van der Waals surface area (Å²) in [4.78, 5) is 48.8. The van der Waals surface area contributed by atoms with E-state index < -0.39 is 17.3 Å². The molecule has 43 heavy (non-hydrogen) atoms. The Balaban J connectivity index is 1.34. The van der Waals surface area contributed by atoms with E-state index in [1.54, 1.807) is 43.3 Å². The zero-order chi connectivity index (χ0) is 30.2. The lowest BCUT2D eigenvalue weighted by Crippen LogP contribution is -2.42. The number of nitrogens with zero attached hydrogens (tertiary/aromatic N) is 6. The van der Waals surface area contributed by atoms with Gasteiger partial charge in [-0.25, -0.2) is 14.3 Å². The van der Waals surface area contributed by atoms with Crippen LogP contribution >= 0.6 is 0 Å². The van der Waals surface area contributed by atoms with Crippen molar-refractivity contribution in [2.24, 2.45) is 0 Å². The van der Waals surface area contributed by atoms with E-state index in [1.165, 1.54) is 4.68 Å². The topological polar surface area (TPSA) is 173 Å². The number of hydrogen-bond donors (Lipinski definition) is 4. The smallest absolute Gasteiger partial charge is 0.337 e. The molecule has 0 spiro atoms. The normalized spacial score (nSPS) is 11.3. The lowest BCUT2D eigenvalue weighted by Gasteiger charge is -2.15. The molecule has 0 saturated carbocycles. The van der Waals surface area contributed by atoms with Gasteiger partial charge in [0.1, 0.15) is 0 Å². The fourth-order valence-electron chi connectivity index (χ4n) is 4.99. The Morgan fingerprint density at radius 2 is 1.77 bits per heavy atom. The molecule has 1 amide bonds. The number of benzene rings is 3. The Labute approximate surface area is 244 Å². The molecule has 3 aromatic carbocycles. The minimum Gasteiger partial charge on any atom is -0.366 e. The average molecular weight is 577 g/mol. The Morgan fingerprint density at radius 1 is 1.00 bits per heavy atom. The van der Waals surface area contributed by atoms with Gasteiger partial charge in [0.05, 0.1) is 16.9 Å². The number of nitrogen functional groups attached to an aromatic ring is 1. The van der Waals surface area contributed by atoms with E-state index in [0.717, 1.165) is 23.2 Å². The highest BCUT2D eigenvalue weighted by molar-refractivity contribution is 5.92. The van der Waals surface area contributed by atoms with Crippen LogP contribution in [-0.4, -0.2) is 59.5 Å². The molecule has 6 aromatic rings. The number of H-pyrrole nitrogens is 2. The first-order valence-electron chi connectivity index (χ1n) is 13.4. The third-order valence-corrected chi connectivity index (χ3v) is 6.92. The molecule has 216 valence electrons. The number of rotatable bonds is 6. The van der Waals surface area contributed by atoms with Crippen LogP contribution in [0.1, 0.15) is 11.3 Å². The number of aryl methyl sites for hydroxylation is 1.